The molecular weight excluding hydrogens is 428 g/mol. The van der Waals surface area contributed by atoms with E-state index in [-0.39, 0.29) is 11.9 Å². The molecule has 0 spiro atoms. The lowest BCUT2D eigenvalue weighted by Gasteiger charge is -2.32. The molecule has 1 amide bonds. The van der Waals surface area contributed by atoms with Crippen LogP contribution in [0.2, 0.25) is 5.02 Å². The predicted molar refractivity (Wildman–Crippen MR) is 137 cm³/mol. The van der Waals surface area contributed by atoms with Crippen molar-refractivity contribution in [1.29, 1.82) is 0 Å². The van der Waals surface area contributed by atoms with Crippen LogP contribution in [0.1, 0.15) is 46.8 Å². The summed E-state index contributed by atoms with van der Waals surface area (Å²) in [5.74, 6) is 0.834. The first-order valence-electron chi connectivity index (χ1n) is 11.8. The van der Waals surface area contributed by atoms with Gasteiger partial charge in [-0.25, -0.2) is 0 Å². The first-order valence-corrected chi connectivity index (χ1v) is 12.2. The zero-order chi connectivity index (χ0) is 23.4. The van der Waals surface area contributed by atoms with E-state index in [9.17, 15) is 4.79 Å². The van der Waals surface area contributed by atoms with Crippen LogP contribution in [-0.2, 0) is 6.54 Å². The predicted octanol–water partition coefficient (Wildman–Crippen LogP) is 6.41. The van der Waals surface area contributed by atoms with Gasteiger partial charge in [0, 0.05) is 48.7 Å². The number of hydrogen-bond donors (Lipinski definition) is 0. The summed E-state index contributed by atoms with van der Waals surface area (Å²) in [6.07, 6.45) is 0. The summed E-state index contributed by atoms with van der Waals surface area (Å²) in [6.45, 7) is 9.89. The molecule has 0 aliphatic carbocycles. The van der Waals surface area contributed by atoms with Gasteiger partial charge in [0.25, 0.3) is 5.91 Å². The fourth-order valence-electron chi connectivity index (χ4n) is 5.02. The Hall–Kier alpha value is -2.62. The lowest BCUT2D eigenvalue weighted by molar-refractivity contribution is 0.0668. The van der Waals surface area contributed by atoms with Crippen LogP contribution in [0.4, 0.5) is 0 Å². The van der Waals surface area contributed by atoms with Crippen LogP contribution in [0.15, 0.2) is 78.9 Å². The second-order valence-electron chi connectivity index (χ2n) is 9.43. The van der Waals surface area contributed by atoms with Crippen molar-refractivity contribution in [2.75, 3.05) is 19.6 Å². The Morgan fingerprint density at radius 3 is 2.33 bits per heavy atom. The highest BCUT2D eigenvalue weighted by Gasteiger charge is 2.37. The van der Waals surface area contributed by atoms with Crippen LogP contribution >= 0.6 is 11.6 Å². The van der Waals surface area contributed by atoms with E-state index in [2.05, 4.69) is 56.0 Å². The van der Waals surface area contributed by atoms with Crippen molar-refractivity contribution in [3.05, 3.63) is 106 Å². The average Bonchev–Trinajstić information content (AvgIpc) is 3.21. The molecule has 0 N–H and O–H groups in total. The number of carbonyl (C=O) groups is 1. The van der Waals surface area contributed by atoms with Crippen LogP contribution in [0.25, 0.3) is 0 Å². The molecule has 2 atom stereocenters. The van der Waals surface area contributed by atoms with E-state index < -0.39 is 0 Å². The zero-order valence-electron chi connectivity index (χ0n) is 19.7. The standard InChI is InChI=1S/C29H33ClN2O/c1-21(2)32(29(33)23-12-5-4-6-13-23)19-25-18-31(17-24-14-8-10-16-28(24)30)20-27(25)26-15-9-7-11-22(26)3/h4-16,21,25,27H,17-20H2,1-3H3/t25-,27-/m0/s1. The molecular formula is C29H33ClN2O. The number of hydrogen-bond acceptors (Lipinski definition) is 2. The summed E-state index contributed by atoms with van der Waals surface area (Å²) < 4.78 is 0. The van der Waals surface area contributed by atoms with Crippen LogP contribution in [-0.4, -0.2) is 41.4 Å². The highest BCUT2D eigenvalue weighted by Crippen LogP contribution is 2.36. The molecule has 0 radical (unpaired) electrons. The van der Waals surface area contributed by atoms with Crippen molar-refractivity contribution >= 4 is 17.5 Å². The van der Waals surface area contributed by atoms with Crippen LogP contribution in [0.3, 0.4) is 0 Å². The number of likely N-dealkylation sites (tertiary alicyclic amines) is 1. The summed E-state index contributed by atoms with van der Waals surface area (Å²) in [6, 6.07) is 26.5. The summed E-state index contributed by atoms with van der Waals surface area (Å²) >= 11 is 6.47. The first kappa shape index (κ1) is 23.5. The maximum absolute atomic E-state index is 13.4. The molecule has 3 aromatic rings. The Bertz CT molecular complexity index is 1080. The van der Waals surface area contributed by atoms with Gasteiger partial charge < -0.3 is 4.90 Å². The van der Waals surface area contributed by atoms with Crippen LogP contribution < -0.4 is 0 Å². The molecule has 0 unspecified atom stereocenters. The number of rotatable bonds is 7. The molecule has 33 heavy (non-hydrogen) atoms. The molecule has 1 aliphatic heterocycles. The van der Waals surface area contributed by atoms with E-state index in [1.807, 2.05) is 53.4 Å². The second-order valence-corrected chi connectivity index (χ2v) is 9.83. The third kappa shape index (κ3) is 5.48. The van der Waals surface area contributed by atoms with Crippen molar-refractivity contribution in [3.8, 4) is 0 Å². The van der Waals surface area contributed by atoms with E-state index in [4.69, 9.17) is 11.6 Å². The van der Waals surface area contributed by atoms with Gasteiger partial charge in [-0.05, 0) is 61.6 Å². The van der Waals surface area contributed by atoms with E-state index >= 15 is 0 Å². The lowest BCUT2D eigenvalue weighted by atomic mass is 9.86. The maximum Gasteiger partial charge on any atom is 0.254 e. The highest BCUT2D eigenvalue weighted by molar-refractivity contribution is 6.31. The van der Waals surface area contributed by atoms with Gasteiger partial charge in [0.1, 0.15) is 0 Å². The largest absolute Gasteiger partial charge is 0.336 e. The maximum atomic E-state index is 13.4. The van der Waals surface area contributed by atoms with Gasteiger partial charge in [-0.2, -0.15) is 0 Å². The number of halogens is 1. The third-order valence-electron chi connectivity index (χ3n) is 6.79. The van der Waals surface area contributed by atoms with Gasteiger partial charge in [0.15, 0.2) is 0 Å². The van der Waals surface area contributed by atoms with Crippen molar-refractivity contribution in [2.45, 2.75) is 39.3 Å². The Labute approximate surface area is 203 Å². The molecule has 3 nitrogen and oxygen atoms in total. The molecule has 4 rings (SSSR count). The Morgan fingerprint density at radius 1 is 0.970 bits per heavy atom. The lowest BCUT2D eigenvalue weighted by Crippen LogP contribution is -2.42. The molecule has 0 saturated carbocycles. The summed E-state index contributed by atoms with van der Waals surface area (Å²) in [7, 11) is 0. The minimum Gasteiger partial charge on any atom is -0.336 e. The normalized spacial score (nSPS) is 18.6. The zero-order valence-corrected chi connectivity index (χ0v) is 20.5. The average molecular weight is 461 g/mol. The van der Waals surface area contributed by atoms with E-state index in [1.54, 1.807) is 0 Å². The number of aryl methyl sites for hydroxylation is 1. The smallest absolute Gasteiger partial charge is 0.254 e. The molecule has 172 valence electrons. The molecule has 1 saturated heterocycles. The summed E-state index contributed by atoms with van der Waals surface area (Å²) in [4.78, 5) is 17.9. The van der Waals surface area contributed by atoms with Crippen LogP contribution in [0, 0.1) is 12.8 Å². The minimum absolute atomic E-state index is 0.110. The fraction of sp³-hybridized carbons (Fsp3) is 0.345. The molecule has 1 aliphatic rings. The number of carbonyl (C=O) groups excluding carboxylic acids is 1. The number of benzene rings is 3. The fourth-order valence-corrected chi connectivity index (χ4v) is 5.22. The number of nitrogens with zero attached hydrogens (tertiary/aromatic N) is 2. The van der Waals surface area contributed by atoms with E-state index in [0.29, 0.717) is 11.8 Å². The Balaban J connectivity index is 1.60. The van der Waals surface area contributed by atoms with Gasteiger partial charge in [-0.3, -0.25) is 9.69 Å². The minimum atomic E-state index is 0.110. The Morgan fingerprint density at radius 2 is 1.64 bits per heavy atom. The quantitative estimate of drug-likeness (QED) is 0.406. The van der Waals surface area contributed by atoms with E-state index in [1.165, 1.54) is 11.1 Å². The van der Waals surface area contributed by atoms with Crippen LogP contribution in [0.5, 0.6) is 0 Å². The number of amides is 1. The summed E-state index contributed by atoms with van der Waals surface area (Å²) in [5, 5.41) is 0.816. The van der Waals surface area contributed by atoms with Gasteiger partial charge in [0.2, 0.25) is 0 Å². The Kier molecular flexibility index (Phi) is 7.52. The highest BCUT2D eigenvalue weighted by atomic mass is 35.5. The molecule has 1 heterocycles. The topological polar surface area (TPSA) is 23.6 Å². The molecule has 1 fully saturated rings. The molecule has 3 aromatic carbocycles. The van der Waals surface area contributed by atoms with E-state index in [0.717, 1.165) is 42.3 Å². The monoisotopic (exact) mass is 460 g/mol. The van der Waals surface area contributed by atoms with Gasteiger partial charge in [-0.1, -0.05) is 72.3 Å². The summed E-state index contributed by atoms with van der Waals surface area (Å²) in [5.41, 5.74) is 4.62. The van der Waals surface area contributed by atoms with Crippen molar-refractivity contribution < 1.29 is 4.79 Å². The molecule has 0 bridgehead atoms. The van der Waals surface area contributed by atoms with Crippen molar-refractivity contribution in [1.82, 2.24) is 9.80 Å². The van der Waals surface area contributed by atoms with Crippen molar-refractivity contribution in [2.24, 2.45) is 5.92 Å². The van der Waals surface area contributed by atoms with Gasteiger partial charge >= 0.3 is 0 Å². The van der Waals surface area contributed by atoms with Crippen molar-refractivity contribution in [3.63, 3.8) is 0 Å². The van der Waals surface area contributed by atoms with Gasteiger partial charge in [0.05, 0.1) is 0 Å². The molecule has 4 heteroatoms. The third-order valence-corrected chi connectivity index (χ3v) is 7.16. The second kappa shape index (κ2) is 10.5. The van der Waals surface area contributed by atoms with Gasteiger partial charge in [-0.15, -0.1) is 0 Å². The molecule has 0 aromatic heterocycles. The SMILES string of the molecule is Cc1ccccc1[C@H]1CN(Cc2ccccc2Cl)C[C@H]1CN(C(=O)c1ccccc1)C(C)C. The first-order chi connectivity index (χ1) is 15.9.